The van der Waals surface area contributed by atoms with Gasteiger partial charge in [-0.25, -0.2) is 0 Å². The van der Waals surface area contributed by atoms with E-state index in [4.69, 9.17) is 9.47 Å². The maximum atomic E-state index is 5.65. The van der Waals surface area contributed by atoms with Gasteiger partial charge in [0.05, 0.1) is 24.7 Å². The summed E-state index contributed by atoms with van der Waals surface area (Å²) in [6, 6.07) is 0. The standard InChI is InChI=1S/C13H22O2S/c1-2-3-9-14-12-5-7-13(8-6-12)15-10-4-11-16/h5,7,16H,2-4,6,8-11H2,1H3. The van der Waals surface area contributed by atoms with Crippen molar-refractivity contribution in [1.29, 1.82) is 0 Å². The Labute approximate surface area is 104 Å². The lowest BCUT2D eigenvalue weighted by Gasteiger charge is -2.16. The second kappa shape index (κ2) is 8.57. The molecule has 2 nitrogen and oxygen atoms in total. The highest BCUT2D eigenvalue weighted by Crippen LogP contribution is 2.20. The van der Waals surface area contributed by atoms with Gasteiger partial charge < -0.3 is 9.47 Å². The third-order valence-corrected chi connectivity index (χ3v) is 2.76. The van der Waals surface area contributed by atoms with E-state index in [0.29, 0.717) is 0 Å². The molecule has 1 aliphatic rings. The average molecular weight is 242 g/mol. The average Bonchev–Trinajstić information content (AvgIpc) is 2.32. The first-order valence-electron chi connectivity index (χ1n) is 6.13. The van der Waals surface area contributed by atoms with E-state index in [1.165, 1.54) is 6.42 Å². The van der Waals surface area contributed by atoms with Crippen molar-refractivity contribution < 1.29 is 9.47 Å². The fourth-order valence-electron chi connectivity index (χ4n) is 1.45. The highest BCUT2D eigenvalue weighted by Gasteiger charge is 2.07. The van der Waals surface area contributed by atoms with E-state index < -0.39 is 0 Å². The monoisotopic (exact) mass is 242 g/mol. The van der Waals surface area contributed by atoms with Crippen molar-refractivity contribution in [3.8, 4) is 0 Å². The molecule has 0 unspecified atom stereocenters. The Bertz CT molecular complexity index is 220. The number of ether oxygens (including phenoxy) is 2. The third kappa shape index (κ3) is 5.50. The van der Waals surface area contributed by atoms with Crippen LogP contribution >= 0.6 is 12.6 Å². The minimum absolute atomic E-state index is 0.773. The number of unbranched alkanes of at least 4 members (excludes halogenated alkanes) is 1. The van der Waals surface area contributed by atoms with E-state index in [0.717, 1.165) is 56.2 Å². The Kier molecular flexibility index (Phi) is 7.23. The van der Waals surface area contributed by atoms with Crippen LogP contribution in [0.25, 0.3) is 0 Å². The van der Waals surface area contributed by atoms with Crippen LogP contribution in [0.15, 0.2) is 23.7 Å². The van der Waals surface area contributed by atoms with Crippen molar-refractivity contribution in [2.45, 2.75) is 39.0 Å². The summed E-state index contributed by atoms with van der Waals surface area (Å²) in [5.74, 6) is 3.05. The maximum Gasteiger partial charge on any atom is 0.0965 e. The molecule has 1 aliphatic carbocycles. The fraction of sp³-hybridized carbons (Fsp3) is 0.692. The number of hydrogen-bond acceptors (Lipinski definition) is 3. The molecule has 0 aromatic rings. The van der Waals surface area contributed by atoms with Gasteiger partial charge in [-0.1, -0.05) is 13.3 Å². The Hall–Kier alpha value is -0.570. The van der Waals surface area contributed by atoms with Crippen molar-refractivity contribution in [3.63, 3.8) is 0 Å². The molecule has 0 spiro atoms. The number of allylic oxidation sites excluding steroid dienone is 4. The third-order valence-electron chi connectivity index (χ3n) is 2.45. The Balaban J connectivity index is 2.21. The van der Waals surface area contributed by atoms with Gasteiger partial charge in [-0.15, -0.1) is 0 Å². The summed E-state index contributed by atoms with van der Waals surface area (Å²) in [5.41, 5.74) is 0. The molecule has 0 aromatic heterocycles. The lowest BCUT2D eigenvalue weighted by Crippen LogP contribution is -2.03. The van der Waals surface area contributed by atoms with E-state index in [-0.39, 0.29) is 0 Å². The summed E-state index contributed by atoms with van der Waals surface area (Å²) in [4.78, 5) is 0. The molecule has 0 radical (unpaired) electrons. The lowest BCUT2D eigenvalue weighted by molar-refractivity contribution is 0.174. The van der Waals surface area contributed by atoms with Crippen molar-refractivity contribution in [3.05, 3.63) is 23.7 Å². The Morgan fingerprint density at radius 3 is 2.06 bits per heavy atom. The van der Waals surface area contributed by atoms with Gasteiger partial charge in [-0.05, 0) is 30.7 Å². The van der Waals surface area contributed by atoms with Gasteiger partial charge in [0.1, 0.15) is 0 Å². The largest absolute Gasteiger partial charge is 0.498 e. The normalized spacial score (nSPS) is 15.4. The van der Waals surface area contributed by atoms with Gasteiger partial charge >= 0.3 is 0 Å². The van der Waals surface area contributed by atoms with Gasteiger partial charge in [-0.3, -0.25) is 0 Å². The lowest BCUT2D eigenvalue weighted by atomic mass is 10.1. The molecule has 16 heavy (non-hydrogen) atoms. The van der Waals surface area contributed by atoms with Crippen LogP contribution in [0.1, 0.15) is 39.0 Å². The van der Waals surface area contributed by atoms with Gasteiger partial charge in [0, 0.05) is 12.8 Å². The number of rotatable bonds is 8. The minimum atomic E-state index is 0.773. The summed E-state index contributed by atoms with van der Waals surface area (Å²) in [7, 11) is 0. The van der Waals surface area contributed by atoms with Crippen LogP contribution in [0.3, 0.4) is 0 Å². The molecule has 0 atom stereocenters. The molecule has 0 aliphatic heterocycles. The molecule has 0 aromatic carbocycles. The van der Waals surface area contributed by atoms with Gasteiger partial charge in [0.15, 0.2) is 0 Å². The summed E-state index contributed by atoms with van der Waals surface area (Å²) in [6.45, 7) is 3.78. The molecule has 0 amide bonds. The van der Waals surface area contributed by atoms with Gasteiger partial charge in [-0.2, -0.15) is 12.6 Å². The van der Waals surface area contributed by atoms with E-state index in [1.807, 2.05) is 12.2 Å². The summed E-state index contributed by atoms with van der Waals surface area (Å²) < 4.78 is 11.3. The van der Waals surface area contributed by atoms with Crippen LogP contribution < -0.4 is 0 Å². The smallest absolute Gasteiger partial charge is 0.0965 e. The molecule has 92 valence electrons. The van der Waals surface area contributed by atoms with Crippen LogP contribution in [0.5, 0.6) is 0 Å². The Morgan fingerprint density at radius 2 is 1.62 bits per heavy atom. The second-order valence-electron chi connectivity index (χ2n) is 3.89. The van der Waals surface area contributed by atoms with Crippen molar-refractivity contribution >= 4 is 12.6 Å². The molecule has 0 saturated heterocycles. The highest BCUT2D eigenvalue weighted by atomic mass is 32.1. The molecule has 1 rings (SSSR count). The first kappa shape index (κ1) is 13.5. The summed E-state index contributed by atoms with van der Waals surface area (Å²) in [5, 5.41) is 0. The van der Waals surface area contributed by atoms with Crippen LogP contribution in [0.2, 0.25) is 0 Å². The predicted octanol–water partition coefficient (Wildman–Crippen LogP) is 3.70. The topological polar surface area (TPSA) is 18.5 Å². The SMILES string of the molecule is CCCCOC1=CC=C(OCCCS)CC1. The predicted molar refractivity (Wildman–Crippen MR) is 70.7 cm³/mol. The highest BCUT2D eigenvalue weighted by molar-refractivity contribution is 7.80. The Morgan fingerprint density at radius 1 is 1.06 bits per heavy atom. The molecular weight excluding hydrogens is 220 g/mol. The quantitative estimate of drug-likeness (QED) is 0.517. The van der Waals surface area contributed by atoms with Crippen molar-refractivity contribution in [2.75, 3.05) is 19.0 Å². The molecule has 3 heteroatoms. The van der Waals surface area contributed by atoms with Gasteiger partial charge in [0.2, 0.25) is 0 Å². The zero-order chi connectivity index (χ0) is 11.6. The van der Waals surface area contributed by atoms with Crippen molar-refractivity contribution in [1.82, 2.24) is 0 Å². The summed E-state index contributed by atoms with van der Waals surface area (Å²) in [6.07, 6.45) is 9.32. The second-order valence-corrected chi connectivity index (χ2v) is 4.34. The number of thiol groups is 1. The van der Waals surface area contributed by atoms with Crippen LogP contribution in [0, 0.1) is 0 Å². The molecule has 0 heterocycles. The fourth-order valence-corrected chi connectivity index (χ4v) is 1.58. The van der Waals surface area contributed by atoms with E-state index in [1.54, 1.807) is 0 Å². The summed E-state index contributed by atoms with van der Waals surface area (Å²) >= 11 is 4.15. The zero-order valence-electron chi connectivity index (χ0n) is 10.1. The molecule has 0 N–H and O–H groups in total. The first-order chi connectivity index (χ1) is 7.86. The van der Waals surface area contributed by atoms with Crippen molar-refractivity contribution in [2.24, 2.45) is 0 Å². The van der Waals surface area contributed by atoms with E-state index >= 15 is 0 Å². The number of hydrogen-bond donors (Lipinski definition) is 1. The molecule has 0 fully saturated rings. The zero-order valence-corrected chi connectivity index (χ0v) is 11.0. The first-order valence-corrected chi connectivity index (χ1v) is 6.76. The minimum Gasteiger partial charge on any atom is -0.498 e. The van der Waals surface area contributed by atoms with E-state index in [2.05, 4.69) is 19.6 Å². The van der Waals surface area contributed by atoms with Gasteiger partial charge in [0.25, 0.3) is 0 Å². The molecular formula is C13H22O2S. The molecule has 0 saturated carbocycles. The van der Waals surface area contributed by atoms with Crippen LogP contribution in [-0.4, -0.2) is 19.0 Å². The maximum absolute atomic E-state index is 5.65. The molecule has 0 bridgehead atoms. The van der Waals surface area contributed by atoms with Crippen LogP contribution in [-0.2, 0) is 9.47 Å². The van der Waals surface area contributed by atoms with Crippen LogP contribution in [0.4, 0.5) is 0 Å². The van der Waals surface area contributed by atoms with E-state index in [9.17, 15) is 0 Å².